The Morgan fingerprint density at radius 3 is 2.28 bits per heavy atom. The lowest BCUT2D eigenvalue weighted by Gasteiger charge is -2.34. The Bertz CT molecular complexity index is 904. The fourth-order valence-corrected chi connectivity index (χ4v) is 5.36. The molecule has 1 fully saturated rings. The molecule has 3 rings (SSSR count). The molecule has 0 aliphatic carbocycles. The van der Waals surface area contributed by atoms with E-state index < -0.39 is 10.0 Å². The Kier molecular flexibility index (Phi) is 6.92. The maximum absolute atomic E-state index is 12.9. The highest BCUT2D eigenvalue weighted by Gasteiger charge is 2.31. The first-order valence-corrected chi connectivity index (χ1v) is 11.4. The summed E-state index contributed by atoms with van der Waals surface area (Å²) in [5.74, 6) is 1.18. The van der Waals surface area contributed by atoms with E-state index >= 15 is 0 Å². The number of nitrogens with one attached hydrogen (secondary N) is 1. The van der Waals surface area contributed by atoms with Crippen molar-refractivity contribution in [3.8, 4) is 5.75 Å². The molecule has 0 radical (unpaired) electrons. The van der Waals surface area contributed by atoms with E-state index in [1.165, 1.54) is 12.1 Å². The second-order valence-electron chi connectivity index (χ2n) is 7.71. The number of amides is 1. The molecule has 7 heteroatoms. The number of ether oxygens (including phenoxy) is 1. The third-order valence-corrected chi connectivity index (χ3v) is 6.84. The zero-order valence-electron chi connectivity index (χ0n) is 16.9. The van der Waals surface area contributed by atoms with Gasteiger partial charge < -0.3 is 10.1 Å². The van der Waals surface area contributed by atoms with E-state index in [1.807, 2.05) is 30.3 Å². The summed E-state index contributed by atoms with van der Waals surface area (Å²) in [6.07, 6.45) is 1.04. The van der Waals surface area contributed by atoms with Gasteiger partial charge in [-0.25, -0.2) is 8.42 Å². The minimum Gasteiger partial charge on any atom is -0.492 e. The van der Waals surface area contributed by atoms with Gasteiger partial charge in [0.25, 0.3) is 5.91 Å². The van der Waals surface area contributed by atoms with Crippen LogP contribution in [0.2, 0.25) is 0 Å². The third kappa shape index (κ3) is 5.58. The van der Waals surface area contributed by atoms with Crippen LogP contribution in [-0.2, 0) is 10.0 Å². The Labute approximate surface area is 172 Å². The normalized spacial score (nSPS) is 20.2. The van der Waals surface area contributed by atoms with Crippen LogP contribution in [-0.4, -0.2) is 44.9 Å². The molecule has 1 saturated heterocycles. The summed E-state index contributed by atoms with van der Waals surface area (Å²) in [6, 6.07) is 15.5. The molecule has 1 aliphatic heterocycles. The van der Waals surface area contributed by atoms with Crippen LogP contribution in [0.5, 0.6) is 5.75 Å². The average Bonchev–Trinajstić information content (AvgIpc) is 2.71. The number of sulfonamides is 1. The molecule has 2 aromatic rings. The zero-order valence-corrected chi connectivity index (χ0v) is 17.7. The van der Waals surface area contributed by atoms with Crippen molar-refractivity contribution in [2.75, 3.05) is 26.2 Å². The average molecular weight is 417 g/mol. The maximum Gasteiger partial charge on any atom is 0.251 e. The Morgan fingerprint density at radius 1 is 1.03 bits per heavy atom. The fourth-order valence-electron chi connectivity index (χ4n) is 3.68. The lowest BCUT2D eigenvalue weighted by Crippen LogP contribution is -2.42. The van der Waals surface area contributed by atoms with Crippen LogP contribution in [0.1, 0.15) is 30.6 Å². The van der Waals surface area contributed by atoms with Crippen molar-refractivity contribution in [2.45, 2.75) is 25.2 Å². The Morgan fingerprint density at radius 2 is 1.66 bits per heavy atom. The summed E-state index contributed by atoms with van der Waals surface area (Å²) in [5, 5.41) is 2.78. The first-order valence-electron chi connectivity index (χ1n) is 9.92. The highest BCUT2D eigenvalue weighted by molar-refractivity contribution is 7.89. The molecule has 6 nitrogen and oxygen atoms in total. The number of hydrogen-bond donors (Lipinski definition) is 1. The number of para-hydroxylation sites is 1. The Balaban J connectivity index is 1.55. The molecule has 0 bridgehead atoms. The van der Waals surface area contributed by atoms with Gasteiger partial charge in [0.05, 0.1) is 11.4 Å². The number of rotatable bonds is 7. The standard InChI is InChI=1S/C22H28N2O4S/c1-17-14-18(2)16-24(15-17)29(26,27)21-10-8-19(9-11-21)22(25)23-12-13-28-20-6-4-3-5-7-20/h3-11,17-18H,12-16H2,1-2H3,(H,23,25). The molecule has 0 aromatic heterocycles. The van der Waals surface area contributed by atoms with Crippen molar-refractivity contribution in [3.05, 3.63) is 60.2 Å². The van der Waals surface area contributed by atoms with Gasteiger partial charge in [0, 0.05) is 18.7 Å². The minimum absolute atomic E-state index is 0.225. The van der Waals surface area contributed by atoms with Crippen molar-refractivity contribution in [1.82, 2.24) is 9.62 Å². The second-order valence-corrected chi connectivity index (χ2v) is 9.65. The smallest absolute Gasteiger partial charge is 0.251 e. The number of nitrogens with zero attached hydrogens (tertiary/aromatic N) is 1. The summed E-state index contributed by atoms with van der Waals surface area (Å²) in [4.78, 5) is 12.5. The largest absolute Gasteiger partial charge is 0.492 e. The molecule has 1 heterocycles. The van der Waals surface area contributed by atoms with Gasteiger partial charge in [0.15, 0.2) is 0 Å². The van der Waals surface area contributed by atoms with Crippen molar-refractivity contribution in [3.63, 3.8) is 0 Å². The molecule has 2 unspecified atom stereocenters. The first-order chi connectivity index (χ1) is 13.9. The molecule has 29 heavy (non-hydrogen) atoms. The minimum atomic E-state index is -3.54. The van der Waals surface area contributed by atoms with E-state index in [1.54, 1.807) is 16.4 Å². The van der Waals surface area contributed by atoms with E-state index in [2.05, 4.69) is 19.2 Å². The molecule has 1 N–H and O–H groups in total. The summed E-state index contributed by atoms with van der Waals surface area (Å²) < 4.78 is 32.9. The summed E-state index contributed by atoms with van der Waals surface area (Å²) >= 11 is 0. The molecule has 0 spiro atoms. The van der Waals surface area contributed by atoms with Crippen LogP contribution in [0.15, 0.2) is 59.5 Å². The van der Waals surface area contributed by atoms with Gasteiger partial charge in [-0.2, -0.15) is 4.31 Å². The van der Waals surface area contributed by atoms with E-state index in [0.717, 1.165) is 12.2 Å². The first kappa shape index (κ1) is 21.3. The molecule has 1 aliphatic rings. The summed E-state index contributed by atoms with van der Waals surface area (Å²) in [5.41, 5.74) is 0.420. The van der Waals surface area contributed by atoms with Crippen LogP contribution in [0.3, 0.4) is 0 Å². The highest BCUT2D eigenvalue weighted by atomic mass is 32.2. The van der Waals surface area contributed by atoms with E-state index in [4.69, 9.17) is 4.74 Å². The van der Waals surface area contributed by atoms with Crippen molar-refractivity contribution in [1.29, 1.82) is 0 Å². The number of carbonyl (C=O) groups excluding carboxylic acids is 1. The quantitative estimate of drug-likeness (QED) is 0.704. The van der Waals surface area contributed by atoms with E-state index in [-0.39, 0.29) is 10.8 Å². The lowest BCUT2D eigenvalue weighted by molar-refractivity contribution is 0.0947. The number of carbonyl (C=O) groups is 1. The van der Waals surface area contributed by atoms with Crippen molar-refractivity contribution < 1.29 is 17.9 Å². The van der Waals surface area contributed by atoms with Crippen molar-refractivity contribution >= 4 is 15.9 Å². The zero-order chi connectivity index (χ0) is 20.9. The number of piperidine rings is 1. The van der Waals surface area contributed by atoms with Gasteiger partial charge in [0.1, 0.15) is 12.4 Å². The molecular weight excluding hydrogens is 388 g/mol. The van der Waals surface area contributed by atoms with Crippen LogP contribution in [0.25, 0.3) is 0 Å². The Hall–Kier alpha value is -2.38. The monoisotopic (exact) mass is 416 g/mol. The predicted octanol–water partition coefficient (Wildman–Crippen LogP) is 3.16. The van der Waals surface area contributed by atoms with Crippen LogP contribution >= 0.6 is 0 Å². The molecular formula is C22H28N2O4S. The lowest BCUT2D eigenvalue weighted by atomic mass is 9.94. The second kappa shape index (κ2) is 9.41. The van der Waals surface area contributed by atoms with Gasteiger partial charge in [-0.15, -0.1) is 0 Å². The SMILES string of the molecule is CC1CC(C)CN(S(=O)(=O)c2ccc(C(=O)NCCOc3ccccc3)cc2)C1. The predicted molar refractivity (Wildman–Crippen MR) is 112 cm³/mol. The van der Waals surface area contributed by atoms with Gasteiger partial charge in [-0.1, -0.05) is 32.0 Å². The summed E-state index contributed by atoms with van der Waals surface area (Å²) in [7, 11) is -3.54. The van der Waals surface area contributed by atoms with Gasteiger partial charge in [0.2, 0.25) is 10.0 Å². The number of benzene rings is 2. The van der Waals surface area contributed by atoms with Gasteiger partial charge in [-0.3, -0.25) is 4.79 Å². The molecule has 2 aromatic carbocycles. The van der Waals surface area contributed by atoms with Crippen molar-refractivity contribution in [2.24, 2.45) is 11.8 Å². The molecule has 0 saturated carbocycles. The van der Waals surface area contributed by atoms with Crippen LogP contribution in [0.4, 0.5) is 0 Å². The third-order valence-electron chi connectivity index (χ3n) is 4.99. The fraction of sp³-hybridized carbons (Fsp3) is 0.409. The summed E-state index contributed by atoms with van der Waals surface area (Å²) in [6.45, 7) is 5.94. The van der Waals surface area contributed by atoms with E-state index in [0.29, 0.717) is 43.6 Å². The molecule has 2 atom stereocenters. The van der Waals surface area contributed by atoms with Crippen LogP contribution < -0.4 is 10.1 Å². The molecule has 1 amide bonds. The van der Waals surface area contributed by atoms with Gasteiger partial charge in [-0.05, 0) is 54.7 Å². The van der Waals surface area contributed by atoms with Crippen LogP contribution in [0, 0.1) is 11.8 Å². The van der Waals surface area contributed by atoms with Gasteiger partial charge >= 0.3 is 0 Å². The molecule has 156 valence electrons. The topological polar surface area (TPSA) is 75.7 Å². The van der Waals surface area contributed by atoms with E-state index in [9.17, 15) is 13.2 Å². The highest BCUT2D eigenvalue weighted by Crippen LogP contribution is 2.26. The number of hydrogen-bond acceptors (Lipinski definition) is 4. The maximum atomic E-state index is 12.9.